The van der Waals surface area contributed by atoms with E-state index in [9.17, 15) is 19.2 Å². The van der Waals surface area contributed by atoms with Crippen molar-refractivity contribution in [1.29, 1.82) is 0 Å². The fourth-order valence-corrected chi connectivity index (χ4v) is 1.83. The van der Waals surface area contributed by atoms with Gasteiger partial charge in [0.15, 0.2) is 6.61 Å². The van der Waals surface area contributed by atoms with Crippen molar-refractivity contribution in [2.45, 2.75) is 26.4 Å². The van der Waals surface area contributed by atoms with Gasteiger partial charge in [-0.1, -0.05) is 17.2 Å². The number of amides is 3. The second-order valence-electron chi connectivity index (χ2n) is 5.81. The van der Waals surface area contributed by atoms with Gasteiger partial charge in [0, 0.05) is 0 Å². The molecule has 0 fully saturated rings. The molecule has 0 spiro atoms. The van der Waals surface area contributed by atoms with E-state index in [4.69, 9.17) is 4.74 Å². The average molecular weight is 336 g/mol. The quantitative estimate of drug-likeness (QED) is 0.649. The van der Waals surface area contributed by atoms with Gasteiger partial charge in [-0.15, -0.1) is 0 Å². The number of benzene rings is 1. The molecule has 9 nitrogen and oxygen atoms in total. The number of fused-ring (bicyclic) bond motifs is 1. The third kappa shape index (κ3) is 4.07. The lowest BCUT2D eigenvalue weighted by molar-refractivity contribution is -0.175. The molecule has 2 rings (SSSR count). The zero-order valence-corrected chi connectivity index (χ0v) is 13.3. The second kappa shape index (κ2) is 6.67. The molecule has 1 aliphatic heterocycles. The summed E-state index contributed by atoms with van der Waals surface area (Å²) in [5.41, 5.74) is 1.44. The van der Waals surface area contributed by atoms with E-state index in [1.165, 1.54) is 12.1 Å². The lowest BCUT2D eigenvalue weighted by atomic mass is 10.1. The molecule has 0 radical (unpaired) electrons. The summed E-state index contributed by atoms with van der Waals surface area (Å²) in [4.78, 5) is 56.2. The van der Waals surface area contributed by atoms with E-state index in [0.29, 0.717) is 5.06 Å². The van der Waals surface area contributed by atoms with E-state index in [2.05, 4.69) is 9.68 Å². The molecule has 3 amide bonds. The molecule has 1 aromatic carbocycles. The minimum Gasteiger partial charge on any atom is -0.442 e. The molecule has 1 heterocycles. The van der Waals surface area contributed by atoms with Crippen molar-refractivity contribution < 1.29 is 33.6 Å². The van der Waals surface area contributed by atoms with Crippen molar-refractivity contribution in [2.24, 2.45) is 0 Å². The first kappa shape index (κ1) is 17.4. The number of hydrogen-bond donors (Lipinski definition) is 1. The SMILES string of the molecule is CC(C)(C)OC(=O)NOCC(=O)ON1C(=O)c2ccccc2C1=O. The molecule has 0 aromatic heterocycles. The number of ether oxygens (including phenoxy) is 1. The molecule has 0 saturated heterocycles. The van der Waals surface area contributed by atoms with Crippen molar-refractivity contribution in [1.82, 2.24) is 10.5 Å². The average Bonchev–Trinajstić information content (AvgIpc) is 2.71. The molecular weight excluding hydrogens is 320 g/mol. The highest BCUT2D eigenvalue weighted by Crippen LogP contribution is 2.22. The van der Waals surface area contributed by atoms with Crippen LogP contribution in [0.15, 0.2) is 24.3 Å². The molecule has 0 atom stereocenters. The van der Waals surface area contributed by atoms with Gasteiger partial charge in [-0.05, 0) is 32.9 Å². The third-order valence-corrected chi connectivity index (χ3v) is 2.69. The monoisotopic (exact) mass is 336 g/mol. The van der Waals surface area contributed by atoms with Crippen LogP contribution in [0, 0.1) is 0 Å². The maximum atomic E-state index is 12.0. The van der Waals surface area contributed by atoms with Gasteiger partial charge < -0.3 is 9.57 Å². The van der Waals surface area contributed by atoms with E-state index in [1.807, 2.05) is 5.48 Å². The predicted molar refractivity (Wildman–Crippen MR) is 78.4 cm³/mol. The summed E-state index contributed by atoms with van der Waals surface area (Å²) in [6, 6.07) is 6.07. The first-order valence-electron chi connectivity index (χ1n) is 6.98. The largest absolute Gasteiger partial charge is 0.442 e. The topological polar surface area (TPSA) is 111 Å². The Morgan fingerprint density at radius 3 is 2.12 bits per heavy atom. The Balaban J connectivity index is 1.83. The summed E-state index contributed by atoms with van der Waals surface area (Å²) in [5.74, 6) is -2.53. The minimum atomic E-state index is -1.04. The van der Waals surface area contributed by atoms with Gasteiger partial charge in [-0.3, -0.25) is 14.4 Å². The lowest BCUT2D eigenvalue weighted by Gasteiger charge is -2.19. The Hall–Kier alpha value is -2.94. The highest BCUT2D eigenvalue weighted by molar-refractivity contribution is 6.20. The fourth-order valence-electron chi connectivity index (χ4n) is 1.83. The van der Waals surface area contributed by atoms with Crippen LogP contribution in [0.4, 0.5) is 4.79 Å². The molecule has 1 aliphatic rings. The minimum absolute atomic E-state index is 0.142. The first-order chi connectivity index (χ1) is 11.2. The number of nitrogens with one attached hydrogen (secondary N) is 1. The standard InChI is InChI=1S/C15H16N2O7/c1-15(2,3)23-14(21)16-22-8-11(18)24-17-12(19)9-6-4-5-7-10(9)13(17)20/h4-7H,8H2,1-3H3,(H,16,21). The van der Waals surface area contributed by atoms with Crippen LogP contribution in [-0.4, -0.2) is 41.1 Å². The Bertz CT molecular complexity index is 658. The Morgan fingerprint density at radius 1 is 1.08 bits per heavy atom. The van der Waals surface area contributed by atoms with Crippen molar-refractivity contribution in [2.75, 3.05) is 6.61 Å². The summed E-state index contributed by atoms with van der Waals surface area (Å²) in [6.45, 7) is 4.25. The second-order valence-corrected chi connectivity index (χ2v) is 5.81. The summed E-state index contributed by atoms with van der Waals surface area (Å²) in [6.07, 6.45) is -0.893. The molecule has 1 N–H and O–H groups in total. The van der Waals surface area contributed by atoms with Crippen LogP contribution in [0.1, 0.15) is 41.5 Å². The van der Waals surface area contributed by atoms with Crippen LogP contribution in [0.2, 0.25) is 0 Å². The number of hydrogen-bond acceptors (Lipinski definition) is 7. The molecule has 1 aromatic rings. The number of hydroxylamine groups is 3. The van der Waals surface area contributed by atoms with Gasteiger partial charge in [-0.2, -0.15) is 5.48 Å². The van der Waals surface area contributed by atoms with E-state index in [0.717, 1.165) is 0 Å². The third-order valence-electron chi connectivity index (χ3n) is 2.69. The van der Waals surface area contributed by atoms with Crippen LogP contribution in [0.25, 0.3) is 0 Å². The van der Waals surface area contributed by atoms with Crippen molar-refractivity contribution in [3.8, 4) is 0 Å². The molecular formula is C15H16N2O7. The van der Waals surface area contributed by atoms with Crippen LogP contribution >= 0.6 is 0 Å². The lowest BCUT2D eigenvalue weighted by Crippen LogP contribution is -2.37. The van der Waals surface area contributed by atoms with E-state index in [-0.39, 0.29) is 11.1 Å². The molecule has 0 aliphatic carbocycles. The van der Waals surface area contributed by atoms with E-state index in [1.54, 1.807) is 32.9 Å². The number of rotatable bonds is 4. The zero-order chi connectivity index (χ0) is 17.9. The molecule has 0 unspecified atom stereocenters. The number of imide groups is 1. The maximum Gasteiger partial charge on any atom is 0.431 e. The Morgan fingerprint density at radius 2 is 1.62 bits per heavy atom. The van der Waals surface area contributed by atoms with Crippen LogP contribution in [0.5, 0.6) is 0 Å². The van der Waals surface area contributed by atoms with E-state index < -0.39 is 36.1 Å². The van der Waals surface area contributed by atoms with E-state index >= 15 is 0 Å². The number of carbonyl (C=O) groups is 4. The molecule has 128 valence electrons. The fraction of sp³-hybridized carbons (Fsp3) is 0.333. The molecule has 0 bridgehead atoms. The Kier molecular flexibility index (Phi) is 4.84. The summed E-state index contributed by atoms with van der Waals surface area (Å²) >= 11 is 0. The van der Waals surface area contributed by atoms with Gasteiger partial charge in [-0.25, -0.2) is 9.59 Å². The Labute approximate surface area is 137 Å². The van der Waals surface area contributed by atoms with Crippen molar-refractivity contribution in [3.05, 3.63) is 35.4 Å². The van der Waals surface area contributed by atoms with Crippen LogP contribution in [0.3, 0.4) is 0 Å². The van der Waals surface area contributed by atoms with Gasteiger partial charge in [0.05, 0.1) is 11.1 Å². The van der Waals surface area contributed by atoms with Gasteiger partial charge in [0.25, 0.3) is 11.8 Å². The van der Waals surface area contributed by atoms with Crippen molar-refractivity contribution in [3.63, 3.8) is 0 Å². The summed E-state index contributed by atoms with van der Waals surface area (Å²) < 4.78 is 4.88. The van der Waals surface area contributed by atoms with Crippen molar-refractivity contribution >= 4 is 23.9 Å². The highest BCUT2D eigenvalue weighted by Gasteiger charge is 2.38. The van der Waals surface area contributed by atoms with Gasteiger partial charge in [0.1, 0.15) is 5.60 Å². The number of nitrogens with zero attached hydrogens (tertiary/aromatic N) is 1. The normalized spacial score (nSPS) is 13.5. The summed E-state index contributed by atoms with van der Waals surface area (Å²) in [5, 5.41) is 0.351. The highest BCUT2D eigenvalue weighted by atomic mass is 16.8. The predicted octanol–water partition coefficient (Wildman–Crippen LogP) is 1.20. The smallest absolute Gasteiger partial charge is 0.431 e. The van der Waals surface area contributed by atoms with Gasteiger partial charge in [0.2, 0.25) is 0 Å². The first-order valence-corrected chi connectivity index (χ1v) is 6.98. The summed E-state index contributed by atoms with van der Waals surface area (Å²) in [7, 11) is 0. The van der Waals surface area contributed by atoms with Crippen LogP contribution in [-0.2, 0) is 19.2 Å². The molecule has 9 heteroatoms. The maximum absolute atomic E-state index is 12.0. The number of carbonyl (C=O) groups excluding carboxylic acids is 4. The molecule has 0 saturated carbocycles. The van der Waals surface area contributed by atoms with Crippen LogP contribution < -0.4 is 5.48 Å². The zero-order valence-electron chi connectivity index (χ0n) is 13.3. The molecule has 24 heavy (non-hydrogen) atoms. The van der Waals surface area contributed by atoms with Gasteiger partial charge >= 0.3 is 12.1 Å².